The Morgan fingerprint density at radius 2 is 1.29 bits per heavy atom. The summed E-state index contributed by atoms with van der Waals surface area (Å²) in [5, 5.41) is 33.0. The molecule has 0 saturated carbocycles. The van der Waals surface area contributed by atoms with Gasteiger partial charge in [-0.05, 0) is 19.8 Å². The van der Waals surface area contributed by atoms with Crippen LogP contribution >= 0.6 is 0 Å². The van der Waals surface area contributed by atoms with Gasteiger partial charge in [-0.1, -0.05) is 0 Å². The second-order valence-corrected chi connectivity index (χ2v) is 4.82. The third-order valence-electron chi connectivity index (χ3n) is 2.89. The lowest BCUT2D eigenvalue weighted by molar-refractivity contribution is -0.141. The number of carboxylic acid groups (broad SMARTS) is 3. The molecule has 2 unspecified atom stereocenters. The first-order chi connectivity index (χ1) is 11.2. The van der Waals surface area contributed by atoms with Crippen molar-refractivity contribution in [1.82, 2.24) is 16.0 Å². The van der Waals surface area contributed by atoms with Crippen LogP contribution in [0.2, 0.25) is 0 Å². The van der Waals surface area contributed by atoms with Crippen molar-refractivity contribution in [3.63, 3.8) is 0 Å². The second kappa shape index (κ2) is 10.8. The summed E-state index contributed by atoms with van der Waals surface area (Å²) in [5.41, 5.74) is 0. The molecular formula is C13H21N3O8. The van der Waals surface area contributed by atoms with Crippen molar-refractivity contribution >= 4 is 29.8 Å². The van der Waals surface area contributed by atoms with Crippen LogP contribution in [0.3, 0.4) is 0 Å². The minimum atomic E-state index is -1.47. The zero-order chi connectivity index (χ0) is 18.7. The lowest BCUT2D eigenvalue weighted by Gasteiger charge is -2.18. The molecule has 0 fully saturated rings. The Balaban J connectivity index is 4.58. The van der Waals surface area contributed by atoms with E-state index < -0.39 is 42.4 Å². The number of carbonyl (C=O) groups excluding carboxylic acids is 2. The first-order valence-corrected chi connectivity index (χ1v) is 7.18. The molecule has 0 heterocycles. The number of aliphatic carboxylic acids is 3. The number of carboxylic acids is 3. The third-order valence-corrected chi connectivity index (χ3v) is 2.89. The van der Waals surface area contributed by atoms with Gasteiger partial charge in [0.15, 0.2) is 0 Å². The van der Waals surface area contributed by atoms with Gasteiger partial charge in [-0.3, -0.25) is 9.59 Å². The highest BCUT2D eigenvalue weighted by molar-refractivity contribution is 5.86. The first-order valence-electron chi connectivity index (χ1n) is 7.18. The molecule has 11 nitrogen and oxygen atoms in total. The Labute approximate surface area is 137 Å². The summed E-state index contributed by atoms with van der Waals surface area (Å²) in [6.45, 7) is 2.08. The molecule has 0 radical (unpaired) electrons. The Morgan fingerprint density at radius 3 is 1.67 bits per heavy atom. The summed E-state index contributed by atoms with van der Waals surface area (Å²) < 4.78 is 0. The Morgan fingerprint density at radius 1 is 0.833 bits per heavy atom. The van der Waals surface area contributed by atoms with Crippen molar-refractivity contribution in [3.05, 3.63) is 0 Å². The van der Waals surface area contributed by atoms with Gasteiger partial charge in [0.2, 0.25) is 5.91 Å². The fourth-order valence-electron chi connectivity index (χ4n) is 1.70. The molecule has 11 heteroatoms. The standard InChI is InChI=1S/C13H21N3O8/c1-2-14-9(17)5-3-7(11(20)21)15-13(24)16-8(12(22)23)4-6-10(18)19/h7-8H,2-6H2,1H3,(H,14,17)(H,18,19)(H,20,21)(H,22,23)(H2,15,16,24). The van der Waals surface area contributed by atoms with Crippen molar-refractivity contribution in [3.8, 4) is 0 Å². The molecule has 0 bridgehead atoms. The van der Waals surface area contributed by atoms with E-state index >= 15 is 0 Å². The summed E-state index contributed by atoms with van der Waals surface area (Å²) in [7, 11) is 0. The van der Waals surface area contributed by atoms with Crippen LogP contribution in [0.15, 0.2) is 0 Å². The normalized spacial score (nSPS) is 12.5. The average Bonchev–Trinajstić information content (AvgIpc) is 2.47. The van der Waals surface area contributed by atoms with E-state index in [0.29, 0.717) is 6.54 Å². The molecule has 0 aliphatic heterocycles. The number of nitrogens with one attached hydrogen (secondary N) is 3. The van der Waals surface area contributed by atoms with E-state index in [9.17, 15) is 24.0 Å². The van der Waals surface area contributed by atoms with Crippen LogP contribution in [0.5, 0.6) is 0 Å². The molecule has 2 atom stereocenters. The average molecular weight is 347 g/mol. The van der Waals surface area contributed by atoms with Crippen molar-refractivity contribution in [2.24, 2.45) is 0 Å². The van der Waals surface area contributed by atoms with Crippen LogP contribution < -0.4 is 16.0 Å². The van der Waals surface area contributed by atoms with Gasteiger partial charge < -0.3 is 31.3 Å². The fourth-order valence-corrected chi connectivity index (χ4v) is 1.70. The Kier molecular flexibility index (Phi) is 9.52. The van der Waals surface area contributed by atoms with Gasteiger partial charge >= 0.3 is 23.9 Å². The molecule has 0 saturated heterocycles. The molecule has 136 valence electrons. The molecule has 0 aliphatic rings. The Hall–Kier alpha value is -2.85. The van der Waals surface area contributed by atoms with E-state index in [0.717, 1.165) is 0 Å². The van der Waals surface area contributed by atoms with Gasteiger partial charge in [-0.25, -0.2) is 14.4 Å². The van der Waals surface area contributed by atoms with Crippen LogP contribution in [-0.4, -0.2) is 63.8 Å². The summed E-state index contributed by atoms with van der Waals surface area (Å²) >= 11 is 0. The smallest absolute Gasteiger partial charge is 0.326 e. The topological polar surface area (TPSA) is 182 Å². The molecule has 24 heavy (non-hydrogen) atoms. The van der Waals surface area contributed by atoms with Gasteiger partial charge in [0, 0.05) is 19.4 Å². The SMILES string of the molecule is CCNC(=O)CCC(NC(=O)NC(CCC(=O)O)C(=O)O)C(=O)O. The molecule has 0 spiro atoms. The van der Waals surface area contributed by atoms with Gasteiger partial charge in [0.05, 0.1) is 0 Å². The zero-order valence-electron chi connectivity index (χ0n) is 13.1. The number of amides is 3. The van der Waals surface area contributed by atoms with E-state index in [1.165, 1.54) is 0 Å². The maximum absolute atomic E-state index is 11.7. The molecule has 0 aromatic rings. The Bertz CT molecular complexity index is 494. The van der Waals surface area contributed by atoms with Crippen LogP contribution in [-0.2, 0) is 19.2 Å². The maximum Gasteiger partial charge on any atom is 0.326 e. The molecule has 6 N–H and O–H groups in total. The van der Waals surface area contributed by atoms with E-state index in [2.05, 4.69) is 5.32 Å². The molecule has 3 amide bonds. The number of urea groups is 1. The van der Waals surface area contributed by atoms with Gasteiger partial charge in [0.25, 0.3) is 0 Å². The van der Waals surface area contributed by atoms with Gasteiger partial charge in [-0.15, -0.1) is 0 Å². The number of carbonyl (C=O) groups is 5. The predicted octanol–water partition coefficient (Wildman–Crippen LogP) is -1.03. The van der Waals surface area contributed by atoms with Crippen molar-refractivity contribution in [2.45, 2.75) is 44.7 Å². The van der Waals surface area contributed by atoms with Gasteiger partial charge in [-0.2, -0.15) is 0 Å². The minimum Gasteiger partial charge on any atom is -0.481 e. The first kappa shape index (κ1) is 21.1. The summed E-state index contributed by atoms with van der Waals surface area (Å²) in [6, 6.07) is -3.93. The zero-order valence-corrected chi connectivity index (χ0v) is 13.1. The number of hydrogen-bond acceptors (Lipinski definition) is 5. The lowest BCUT2D eigenvalue weighted by Crippen LogP contribution is -2.51. The third kappa shape index (κ3) is 9.23. The summed E-state index contributed by atoms with van der Waals surface area (Å²) in [5.74, 6) is -4.43. The molecular weight excluding hydrogens is 326 g/mol. The van der Waals surface area contributed by atoms with Crippen molar-refractivity contribution < 1.29 is 39.3 Å². The number of rotatable bonds is 11. The molecule has 0 aromatic carbocycles. The largest absolute Gasteiger partial charge is 0.481 e. The van der Waals surface area contributed by atoms with E-state index in [-0.39, 0.29) is 25.2 Å². The van der Waals surface area contributed by atoms with Crippen molar-refractivity contribution in [2.75, 3.05) is 6.54 Å². The molecule has 0 aromatic heterocycles. The molecule has 0 aliphatic carbocycles. The fraction of sp³-hybridized carbons (Fsp3) is 0.615. The quantitative estimate of drug-likeness (QED) is 0.274. The highest BCUT2D eigenvalue weighted by Gasteiger charge is 2.25. The lowest BCUT2D eigenvalue weighted by atomic mass is 10.1. The van der Waals surface area contributed by atoms with E-state index in [1.54, 1.807) is 6.92 Å². The van der Waals surface area contributed by atoms with E-state index in [1.807, 2.05) is 10.6 Å². The highest BCUT2D eigenvalue weighted by atomic mass is 16.4. The summed E-state index contributed by atoms with van der Waals surface area (Å²) in [4.78, 5) is 55.5. The van der Waals surface area contributed by atoms with Gasteiger partial charge in [0.1, 0.15) is 12.1 Å². The maximum atomic E-state index is 11.7. The second-order valence-electron chi connectivity index (χ2n) is 4.82. The monoisotopic (exact) mass is 347 g/mol. The minimum absolute atomic E-state index is 0.132. The highest BCUT2D eigenvalue weighted by Crippen LogP contribution is 2.01. The molecule has 0 rings (SSSR count). The van der Waals surface area contributed by atoms with Crippen LogP contribution in [0.4, 0.5) is 4.79 Å². The van der Waals surface area contributed by atoms with Crippen LogP contribution in [0.1, 0.15) is 32.6 Å². The van der Waals surface area contributed by atoms with Crippen LogP contribution in [0.25, 0.3) is 0 Å². The summed E-state index contributed by atoms with van der Waals surface area (Å²) in [6.07, 6.45) is -1.14. The van der Waals surface area contributed by atoms with Crippen molar-refractivity contribution in [1.29, 1.82) is 0 Å². The van der Waals surface area contributed by atoms with E-state index in [4.69, 9.17) is 15.3 Å². The number of hydrogen-bond donors (Lipinski definition) is 6. The van der Waals surface area contributed by atoms with Crippen LogP contribution in [0, 0.1) is 0 Å². The predicted molar refractivity (Wildman–Crippen MR) is 79.3 cm³/mol.